The summed E-state index contributed by atoms with van der Waals surface area (Å²) in [6.07, 6.45) is 0.324. The maximum absolute atomic E-state index is 12.5. The molecule has 2 heterocycles. The second-order valence-electron chi connectivity index (χ2n) is 6.79. The number of carbonyl (C=O) groups is 3. The van der Waals surface area contributed by atoms with Crippen LogP contribution in [0.5, 0.6) is 0 Å². The average molecular weight is 395 g/mol. The highest BCUT2D eigenvalue weighted by molar-refractivity contribution is 7.89. The Bertz CT molecular complexity index is 916. The van der Waals surface area contributed by atoms with Crippen molar-refractivity contribution >= 4 is 33.7 Å². The van der Waals surface area contributed by atoms with Gasteiger partial charge in [-0.05, 0) is 24.6 Å². The van der Waals surface area contributed by atoms with Crippen molar-refractivity contribution in [3.8, 4) is 0 Å². The van der Waals surface area contributed by atoms with Crippen LogP contribution in [-0.2, 0) is 14.8 Å². The average Bonchev–Trinajstić information content (AvgIpc) is 3.13. The van der Waals surface area contributed by atoms with Gasteiger partial charge in [-0.2, -0.15) is 0 Å². The molecule has 1 unspecified atom stereocenters. The van der Waals surface area contributed by atoms with Gasteiger partial charge in [0.25, 0.3) is 5.91 Å². The van der Waals surface area contributed by atoms with E-state index in [0.717, 1.165) is 9.21 Å². The van der Waals surface area contributed by atoms with Crippen molar-refractivity contribution in [1.82, 2.24) is 19.4 Å². The van der Waals surface area contributed by atoms with Crippen LogP contribution in [0.4, 0.5) is 15.3 Å². The number of urea groups is 2. The van der Waals surface area contributed by atoms with Gasteiger partial charge in [0.15, 0.2) is 0 Å². The summed E-state index contributed by atoms with van der Waals surface area (Å²) in [5.74, 6) is -0.359. The lowest BCUT2D eigenvalue weighted by Gasteiger charge is -2.22. The zero-order valence-electron chi connectivity index (χ0n) is 15.2. The fraction of sp³-hybridized carbons (Fsp3) is 0.438. The number of carbonyl (C=O) groups excluding carboxylic acids is 3. The van der Waals surface area contributed by atoms with E-state index in [0.29, 0.717) is 18.7 Å². The van der Waals surface area contributed by atoms with Crippen molar-refractivity contribution in [1.29, 1.82) is 0 Å². The van der Waals surface area contributed by atoms with E-state index in [1.54, 1.807) is 6.07 Å². The van der Waals surface area contributed by atoms with Crippen molar-refractivity contribution in [2.45, 2.75) is 16.9 Å². The van der Waals surface area contributed by atoms with Gasteiger partial charge in [0.2, 0.25) is 10.0 Å². The maximum atomic E-state index is 12.5. The van der Waals surface area contributed by atoms with Crippen LogP contribution in [0.15, 0.2) is 29.2 Å². The molecule has 27 heavy (non-hydrogen) atoms. The van der Waals surface area contributed by atoms with Crippen molar-refractivity contribution in [3.63, 3.8) is 0 Å². The van der Waals surface area contributed by atoms with Gasteiger partial charge in [-0.25, -0.2) is 22.3 Å². The lowest BCUT2D eigenvalue weighted by Crippen LogP contribution is -2.50. The van der Waals surface area contributed by atoms with Crippen molar-refractivity contribution < 1.29 is 22.8 Å². The van der Waals surface area contributed by atoms with E-state index >= 15 is 0 Å². The molecule has 1 atom stereocenters. The lowest BCUT2D eigenvalue weighted by atomic mass is 9.99. The molecule has 0 bridgehead atoms. The molecule has 1 aromatic carbocycles. The number of sulfonamides is 1. The monoisotopic (exact) mass is 395 g/mol. The number of rotatable bonds is 3. The minimum Gasteiger partial charge on any atom is -0.322 e. The number of likely N-dealkylation sites (tertiary alicyclic amines) is 1. The Morgan fingerprint density at radius 2 is 2.00 bits per heavy atom. The van der Waals surface area contributed by atoms with Gasteiger partial charge >= 0.3 is 12.1 Å². The largest absolute Gasteiger partial charge is 0.324 e. The van der Waals surface area contributed by atoms with E-state index in [9.17, 15) is 22.8 Å². The molecule has 0 radical (unpaired) electrons. The molecule has 5 amide bonds. The lowest BCUT2D eigenvalue weighted by molar-refractivity contribution is -0.129. The standard InChI is InChI=1S/C16H21N5O5S/c1-19(2)27(25,26)12-6-4-5-11(9-12)17-14(23)21-8-7-16(10-21)13(22)20(3)15(24)18-16/h4-6,9H,7-8,10H2,1-3H3,(H,17,23)(H,18,24). The summed E-state index contributed by atoms with van der Waals surface area (Å²) in [7, 11) is 0.623. The molecule has 0 aromatic heterocycles. The van der Waals surface area contributed by atoms with Crippen LogP contribution in [0.2, 0.25) is 0 Å². The van der Waals surface area contributed by atoms with Gasteiger partial charge < -0.3 is 15.5 Å². The van der Waals surface area contributed by atoms with Crippen LogP contribution in [-0.4, -0.2) is 80.3 Å². The maximum Gasteiger partial charge on any atom is 0.324 e. The normalized spacial score (nSPS) is 22.7. The van der Waals surface area contributed by atoms with Crippen molar-refractivity contribution in [2.75, 3.05) is 39.5 Å². The molecule has 2 saturated heterocycles. The summed E-state index contributed by atoms with van der Waals surface area (Å²) in [4.78, 5) is 39.0. The Labute approximate surface area is 157 Å². The summed E-state index contributed by atoms with van der Waals surface area (Å²) in [5.41, 5.74) is -0.762. The van der Waals surface area contributed by atoms with Crippen LogP contribution in [0.25, 0.3) is 0 Å². The third-order valence-electron chi connectivity index (χ3n) is 4.79. The molecule has 0 aliphatic carbocycles. The van der Waals surface area contributed by atoms with Crippen LogP contribution < -0.4 is 10.6 Å². The van der Waals surface area contributed by atoms with Gasteiger partial charge in [0.05, 0.1) is 11.4 Å². The van der Waals surface area contributed by atoms with Crippen LogP contribution in [0, 0.1) is 0 Å². The minimum atomic E-state index is -3.62. The number of likely N-dealkylation sites (N-methyl/N-ethyl adjacent to an activating group) is 1. The minimum absolute atomic E-state index is 0.0584. The SMILES string of the molecule is CN1C(=O)NC2(CCN(C(=O)Nc3cccc(S(=O)(=O)N(C)C)c3)C2)C1=O. The van der Waals surface area contributed by atoms with Gasteiger partial charge in [0, 0.05) is 33.4 Å². The highest BCUT2D eigenvalue weighted by Crippen LogP contribution is 2.28. The Morgan fingerprint density at radius 1 is 1.30 bits per heavy atom. The first-order valence-electron chi connectivity index (χ1n) is 8.26. The number of nitrogens with one attached hydrogen (secondary N) is 2. The van der Waals surface area contributed by atoms with Gasteiger partial charge in [-0.3, -0.25) is 9.69 Å². The smallest absolute Gasteiger partial charge is 0.322 e. The summed E-state index contributed by atoms with van der Waals surface area (Å²) in [6.45, 7) is 0.352. The van der Waals surface area contributed by atoms with Crippen LogP contribution in [0.1, 0.15) is 6.42 Å². The Hall–Kier alpha value is -2.66. The number of amides is 5. The summed E-state index contributed by atoms with van der Waals surface area (Å²) >= 11 is 0. The number of hydrogen-bond donors (Lipinski definition) is 2. The van der Waals surface area contributed by atoms with E-state index < -0.39 is 27.6 Å². The van der Waals surface area contributed by atoms with Gasteiger partial charge in [-0.1, -0.05) is 6.07 Å². The first kappa shape index (κ1) is 19.1. The molecule has 10 nitrogen and oxygen atoms in total. The van der Waals surface area contributed by atoms with Crippen molar-refractivity contribution in [3.05, 3.63) is 24.3 Å². The first-order valence-corrected chi connectivity index (χ1v) is 9.70. The third kappa shape index (κ3) is 3.23. The molecule has 2 N–H and O–H groups in total. The molecule has 1 aromatic rings. The van der Waals surface area contributed by atoms with Crippen LogP contribution >= 0.6 is 0 Å². The van der Waals surface area contributed by atoms with E-state index in [1.807, 2.05) is 0 Å². The number of benzene rings is 1. The number of nitrogens with zero attached hydrogens (tertiary/aromatic N) is 3. The van der Waals surface area contributed by atoms with Gasteiger partial charge in [0.1, 0.15) is 5.54 Å². The number of hydrogen-bond acceptors (Lipinski definition) is 5. The molecule has 0 saturated carbocycles. The van der Waals surface area contributed by atoms with Crippen LogP contribution in [0.3, 0.4) is 0 Å². The highest BCUT2D eigenvalue weighted by Gasteiger charge is 2.54. The molecular weight excluding hydrogens is 374 g/mol. The van der Waals surface area contributed by atoms with E-state index in [2.05, 4.69) is 10.6 Å². The molecule has 1 spiro atoms. The predicted molar refractivity (Wildman–Crippen MR) is 96.6 cm³/mol. The summed E-state index contributed by atoms with van der Waals surface area (Å²) < 4.78 is 25.5. The Morgan fingerprint density at radius 3 is 2.59 bits per heavy atom. The Kier molecular flexibility index (Phi) is 4.60. The van der Waals surface area contributed by atoms with E-state index in [4.69, 9.17) is 0 Å². The predicted octanol–water partition coefficient (Wildman–Crippen LogP) is 0.0949. The summed E-state index contributed by atoms with van der Waals surface area (Å²) in [5, 5.41) is 5.30. The molecule has 3 rings (SSSR count). The summed E-state index contributed by atoms with van der Waals surface area (Å²) in [6, 6.07) is 4.97. The fourth-order valence-electron chi connectivity index (χ4n) is 3.16. The fourth-order valence-corrected chi connectivity index (χ4v) is 4.11. The van der Waals surface area contributed by atoms with Gasteiger partial charge in [-0.15, -0.1) is 0 Å². The Balaban J connectivity index is 1.72. The molecule has 2 aliphatic heterocycles. The third-order valence-corrected chi connectivity index (χ3v) is 6.60. The zero-order chi connectivity index (χ0) is 20.0. The molecule has 2 fully saturated rings. The molecule has 11 heteroatoms. The molecular formula is C16H21N5O5S. The number of anilines is 1. The first-order chi connectivity index (χ1) is 12.6. The quantitative estimate of drug-likeness (QED) is 0.704. The van der Waals surface area contributed by atoms with Crippen molar-refractivity contribution in [2.24, 2.45) is 0 Å². The highest BCUT2D eigenvalue weighted by atomic mass is 32.2. The number of imide groups is 1. The molecule has 146 valence electrons. The van der Waals surface area contributed by atoms with E-state index in [1.165, 1.54) is 44.2 Å². The topological polar surface area (TPSA) is 119 Å². The van der Waals surface area contributed by atoms with E-state index in [-0.39, 0.29) is 17.3 Å². The second kappa shape index (κ2) is 6.50. The second-order valence-corrected chi connectivity index (χ2v) is 8.95. The zero-order valence-corrected chi connectivity index (χ0v) is 16.0. The molecule has 2 aliphatic rings.